The number of fused-ring (bicyclic) bond motifs is 1. The Kier molecular flexibility index (Phi) is 5.03. The normalized spacial score (nSPS) is 11.4. The zero-order chi connectivity index (χ0) is 17.9. The highest BCUT2D eigenvalue weighted by molar-refractivity contribution is 8.14. The van der Waals surface area contributed by atoms with Crippen LogP contribution in [0.1, 0.15) is 5.56 Å². The molecule has 0 N–H and O–H groups in total. The second-order valence-corrected chi connectivity index (χ2v) is 7.79. The SMILES string of the molecule is O=CN(OCc1ccccc1)c1cccc2c(S(=O)(=O)Cl)cccc12. The van der Waals surface area contributed by atoms with Crippen molar-refractivity contribution in [1.82, 2.24) is 0 Å². The lowest BCUT2D eigenvalue weighted by atomic mass is 10.1. The Balaban J connectivity index is 2.00. The van der Waals surface area contributed by atoms with Gasteiger partial charge in [-0.3, -0.25) is 9.63 Å². The van der Waals surface area contributed by atoms with Gasteiger partial charge in [-0.25, -0.2) is 8.42 Å². The maximum atomic E-state index is 11.8. The largest absolute Gasteiger partial charge is 0.276 e. The summed E-state index contributed by atoms with van der Waals surface area (Å²) in [7, 11) is 1.59. The van der Waals surface area contributed by atoms with Crippen LogP contribution in [0.15, 0.2) is 71.6 Å². The van der Waals surface area contributed by atoms with Crippen LogP contribution < -0.4 is 5.06 Å². The summed E-state index contributed by atoms with van der Waals surface area (Å²) >= 11 is 0. The van der Waals surface area contributed by atoms with Crippen molar-refractivity contribution < 1.29 is 18.0 Å². The van der Waals surface area contributed by atoms with Crippen LogP contribution in [0.2, 0.25) is 0 Å². The first-order valence-corrected chi connectivity index (χ1v) is 9.69. The highest BCUT2D eigenvalue weighted by atomic mass is 35.7. The number of rotatable bonds is 6. The third-order valence-electron chi connectivity index (χ3n) is 3.67. The van der Waals surface area contributed by atoms with Gasteiger partial charge in [-0.15, -0.1) is 0 Å². The summed E-state index contributed by atoms with van der Waals surface area (Å²) in [6, 6.07) is 19.0. The van der Waals surface area contributed by atoms with E-state index in [1.54, 1.807) is 30.3 Å². The van der Waals surface area contributed by atoms with Crippen molar-refractivity contribution in [2.75, 3.05) is 5.06 Å². The number of benzene rings is 3. The number of hydrogen-bond donors (Lipinski definition) is 0. The van der Waals surface area contributed by atoms with E-state index in [9.17, 15) is 13.2 Å². The average molecular weight is 376 g/mol. The zero-order valence-corrected chi connectivity index (χ0v) is 14.6. The Hall–Kier alpha value is -2.41. The van der Waals surface area contributed by atoms with Crippen molar-refractivity contribution in [2.24, 2.45) is 0 Å². The molecular weight excluding hydrogens is 362 g/mol. The molecule has 0 saturated heterocycles. The van der Waals surface area contributed by atoms with E-state index >= 15 is 0 Å². The van der Waals surface area contributed by atoms with Gasteiger partial charge >= 0.3 is 0 Å². The zero-order valence-electron chi connectivity index (χ0n) is 13.0. The molecule has 0 aliphatic rings. The van der Waals surface area contributed by atoms with E-state index in [0.29, 0.717) is 22.9 Å². The summed E-state index contributed by atoms with van der Waals surface area (Å²) in [6.45, 7) is 0.198. The minimum Gasteiger partial charge on any atom is -0.276 e. The van der Waals surface area contributed by atoms with E-state index in [1.165, 1.54) is 6.07 Å². The van der Waals surface area contributed by atoms with Crippen LogP contribution in [0.4, 0.5) is 5.69 Å². The van der Waals surface area contributed by atoms with E-state index in [1.807, 2.05) is 30.3 Å². The lowest BCUT2D eigenvalue weighted by molar-refractivity contribution is -0.114. The smallest absolute Gasteiger partial charge is 0.261 e. The number of nitrogens with zero attached hydrogens (tertiary/aromatic N) is 1. The Morgan fingerprint density at radius 1 is 0.920 bits per heavy atom. The predicted octanol–water partition coefficient (Wildman–Crippen LogP) is 3.86. The number of amides is 1. The van der Waals surface area contributed by atoms with Gasteiger partial charge in [0.15, 0.2) is 0 Å². The minimum absolute atomic E-state index is 0.0116. The van der Waals surface area contributed by atoms with Crippen LogP contribution in [0, 0.1) is 0 Å². The summed E-state index contributed by atoms with van der Waals surface area (Å²) in [4.78, 5) is 17.1. The maximum absolute atomic E-state index is 11.8. The number of anilines is 1. The predicted molar refractivity (Wildman–Crippen MR) is 96.8 cm³/mol. The van der Waals surface area contributed by atoms with Crippen molar-refractivity contribution in [3.8, 4) is 0 Å². The summed E-state index contributed by atoms with van der Waals surface area (Å²) in [6.07, 6.45) is 0.541. The molecule has 0 fully saturated rings. The van der Waals surface area contributed by atoms with Crippen LogP contribution in [-0.2, 0) is 25.3 Å². The van der Waals surface area contributed by atoms with Crippen LogP contribution in [0.5, 0.6) is 0 Å². The van der Waals surface area contributed by atoms with Gasteiger partial charge in [0.2, 0.25) is 6.41 Å². The van der Waals surface area contributed by atoms with Crippen molar-refractivity contribution in [3.05, 3.63) is 72.3 Å². The highest BCUT2D eigenvalue weighted by Crippen LogP contribution is 2.32. The first kappa shape index (κ1) is 17.4. The second-order valence-electron chi connectivity index (χ2n) is 5.26. The Morgan fingerprint density at radius 2 is 1.60 bits per heavy atom. The van der Waals surface area contributed by atoms with Gasteiger partial charge in [-0.05, 0) is 17.7 Å². The van der Waals surface area contributed by atoms with E-state index < -0.39 is 9.05 Å². The summed E-state index contributed by atoms with van der Waals surface area (Å²) in [5.74, 6) is 0. The number of carbonyl (C=O) groups is 1. The molecule has 0 spiro atoms. The molecule has 128 valence electrons. The fraction of sp³-hybridized carbons (Fsp3) is 0.0556. The third-order valence-corrected chi connectivity index (χ3v) is 5.05. The van der Waals surface area contributed by atoms with Crippen LogP contribution in [-0.4, -0.2) is 14.8 Å². The minimum atomic E-state index is -3.91. The number of hydrogen-bond acceptors (Lipinski definition) is 4. The van der Waals surface area contributed by atoms with E-state index in [4.69, 9.17) is 15.5 Å². The lowest BCUT2D eigenvalue weighted by Gasteiger charge is -2.19. The molecule has 0 radical (unpaired) electrons. The molecule has 0 aliphatic carbocycles. The van der Waals surface area contributed by atoms with Crippen LogP contribution in [0.25, 0.3) is 10.8 Å². The molecule has 3 rings (SSSR count). The van der Waals surface area contributed by atoms with Crippen LogP contribution in [0.3, 0.4) is 0 Å². The molecule has 0 bridgehead atoms. The maximum Gasteiger partial charge on any atom is 0.261 e. The van der Waals surface area contributed by atoms with Gasteiger partial charge in [-0.1, -0.05) is 54.6 Å². The Morgan fingerprint density at radius 3 is 2.28 bits per heavy atom. The first-order chi connectivity index (χ1) is 12.0. The van der Waals surface area contributed by atoms with Gasteiger partial charge in [0.1, 0.15) is 6.61 Å². The molecule has 0 aliphatic heterocycles. The highest BCUT2D eigenvalue weighted by Gasteiger charge is 2.17. The van der Waals surface area contributed by atoms with Gasteiger partial charge in [0.05, 0.1) is 10.6 Å². The van der Waals surface area contributed by atoms with E-state index in [2.05, 4.69) is 0 Å². The average Bonchev–Trinajstić information content (AvgIpc) is 2.62. The molecule has 0 saturated carbocycles. The molecule has 3 aromatic rings. The molecule has 0 heterocycles. The van der Waals surface area contributed by atoms with Crippen molar-refractivity contribution in [2.45, 2.75) is 11.5 Å². The van der Waals surface area contributed by atoms with Gasteiger partial charge in [-0.2, -0.15) is 5.06 Å². The molecule has 25 heavy (non-hydrogen) atoms. The molecule has 3 aromatic carbocycles. The number of hydroxylamine groups is 1. The quantitative estimate of drug-likeness (QED) is 0.373. The van der Waals surface area contributed by atoms with E-state index in [0.717, 1.165) is 10.6 Å². The van der Waals surface area contributed by atoms with Crippen molar-refractivity contribution in [3.63, 3.8) is 0 Å². The molecule has 1 amide bonds. The molecule has 5 nitrogen and oxygen atoms in total. The standard InChI is InChI=1S/C18H14ClNO4S/c19-25(22,23)18-11-5-8-15-16(18)9-4-10-17(15)20(13-21)24-12-14-6-2-1-3-7-14/h1-11,13H,12H2. The van der Waals surface area contributed by atoms with Gasteiger partial charge in [0, 0.05) is 21.5 Å². The van der Waals surface area contributed by atoms with Crippen molar-refractivity contribution in [1.29, 1.82) is 0 Å². The topological polar surface area (TPSA) is 63.7 Å². The molecule has 0 aromatic heterocycles. The Labute approximate surface area is 149 Å². The fourth-order valence-electron chi connectivity index (χ4n) is 2.54. The van der Waals surface area contributed by atoms with Crippen LogP contribution >= 0.6 is 10.7 Å². The summed E-state index contributed by atoms with van der Waals surface area (Å²) in [5, 5.41) is 2.05. The summed E-state index contributed by atoms with van der Waals surface area (Å²) < 4.78 is 23.5. The fourth-order valence-corrected chi connectivity index (χ4v) is 3.63. The summed E-state index contributed by atoms with van der Waals surface area (Å²) in [5.41, 5.74) is 1.34. The van der Waals surface area contributed by atoms with Gasteiger partial charge in [0.25, 0.3) is 9.05 Å². The van der Waals surface area contributed by atoms with Gasteiger partial charge < -0.3 is 0 Å². The third kappa shape index (κ3) is 3.82. The van der Waals surface area contributed by atoms with Crippen molar-refractivity contribution >= 4 is 42.6 Å². The first-order valence-electron chi connectivity index (χ1n) is 7.38. The Bertz CT molecular complexity index is 1010. The molecular formula is C18H14ClNO4S. The molecule has 7 heteroatoms. The second kappa shape index (κ2) is 7.23. The molecule has 0 unspecified atom stereocenters. The van der Waals surface area contributed by atoms with E-state index in [-0.39, 0.29) is 11.5 Å². The number of carbonyl (C=O) groups excluding carboxylic acids is 1. The number of halogens is 1. The molecule has 0 atom stereocenters. The monoisotopic (exact) mass is 375 g/mol. The lowest BCUT2D eigenvalue weighted by Crippen LogP contribution is -2.21.